The van der Waals surface area contributed by atoms with E-state index in [1.807, 2.05) is 97.5 Å². The highest BCUT2D eigenvalue weighted by molar-refractivity contribution is 6.62. The lowest BCUT2D eigenvalue weighted by Crippen LogP contribution is -2.41. The average molecular weight is 787 g/mol. The third kappa shape index (κ3) is 8.43. The van der Waals surface area contributed by atoms with Gasteiger partial charge in [0, 0.05) is 40.1 Å². The van der Waals surface area contributed by atoms with Crippen molar-refractivity contribution in [2.24, 2.45) is 0 Å². The molecule has 7 heterocycles. The molecule has 0 unspecified atom stereocenters. The van der Waals surface area contributed by atoms with Gasteiger partial charge in [0.2, 0.25) is 5.28 Å². The summed E-state index contributed by atoms with van der Waals surface area (Å²) >= 11 is 5.35. The van der Waals surface area contributed by atoms with E-state index in [1.165, 1.54) is 12.3 Å². The molecule has 1 aliphatic rings. The normalized spacial score (nSPS) is 13.8. The largest absolute Gasteiger partial charge is 0.494 e. The first-order valence-electron chi connectivity index (χ1n) is 18.2. The fourth-order valence-corrected chi connectivity index (χ4v) is 6.08. The molecule has 16 heteroatoms. The van der Waals surface area contributed by atoms with Crippen LogP contribution in [0, 0.1) is 36.5 Å². The highest BCUT2D eigenvalue weighted by atomic mass is 35.5. The summed E-state index contributed by atoms with van der Waals surface area (Å²) in [5.41, 5.74) is 5.52. The number of pyridine rings is 2. The molecule has 0 amide bonds. The molecule has 2 aromatic carbocycles. The van der Waals surface area contributed by atoms with Gasteiger partial charge in [0.15, 0.2) is 17.5 Å². The van der Waals surface area contributed by atoms with Crippen molar-refractivity contribution in [1.82, 2.24) is 49.5 Å². The van der Waals surface area contributed by atoms with Gasteiger partial charge in [0.1, 0.15) is 23.5 Å². The summed E-state index contributed by atoms with van der Waals surface area (Å²) in [4.78, 5) is 24.8. The fourth-order valence-electron chi connectivity index (χ4n) is 5.93. The molecule has 0 atom stereocenters. The lowest BCUT2D eigenvalue weighted by atomic mass is 9.79. The van der Waals surface area contributed by atoms with Gasteiger partial charge < -0.3 is 9.31 Å². The molecule has 58 heavy (non-hydrogen) atoms. The number of hydrogen-bond acceptors (Lipinski definition) is 12. The Bertz CT molecular complexity index is 2840. The van der Waals surface area contributed by atoms with Gasteiger partial charge in [-0.15, -0.1) is 0 Å². The van der Waals surface area contributed by atoms with Gasteiger partial charge in [-0.25, -0.2) is 39.3 Å². The molecule has 6 aromatic heterocycles. The van der Waals surface area contributed by atoms with Gasteiger partial charge in [-0.3, -0.25) is 0 Å². The van der Waals surface area contributed by atoms with E-state index in [0.29, 0.717) is 11.5 Å². The van der Waals surface area contributed by atoms with Crippen molar-refractivity contribution in [2.45, 2.75) is 52.7 Å². The lowest BCUT2D eigenvalue weighted by molar-refractivity contribution is 0.00578. The Morgan fingerprint density at radius 1 is 0.638 bits per heavy atom. The van der Waals surface area contributed by atoms with Gasteiger partial charge in [0.05, 0.1) is 34.6 Å². The number of nitriles is 2. The molecular formula is C42H36BClN12O2. The first-order valence-corrected chi connectivity index (χ1v) is 18.5. The summed E-state index contributed by atoms with van der Waals surface area (Å²) < 4.78 is 16.0. The van der Waals surface area contributed by atoms with Gasteiger partial charge >= 0.3 is 7.12 Å². The fraction of sp³-hybridized carbons (Fsp3) is 0.190. The second-order valence-electron chi connectivity index (χ2n) is 14.3. The van der Waals surface area contributed by atoms with Gasteiger partial charge in [0.25, 0.3) is 0 Å². The zero-order valence-electron chi connectivity index (χ0n) is 32.5. The van der Waals surface area contributed by atoms with Crippen LogP contribution in [0.2, 0.25) is 5.28 Å². The maximum atomic E-state index is 9.00. The SMILES string of the molecule is Cc1cccc(-n2ncc3ccc(-c4nccc(C#N)n4)cc32)n1.Cc1cccc(-n2ncc3ccc(B4OC(C)(C)C(C)(C)O4)cc32)n1.N#Cc1ccnc(Cl)n1. The van der Waals surface area contributed by atoms with E-state index in [0.717, 1.165) is 55.9 Å². The van der Waals surface area contributed by atoms with Crippen LogP contribution in [0.1, 0.15) is 50.5 Å². The van der Waals surface area contributed by atoms with Crippen molar-refractivity contribution in [1.29, 1.82) is 10.5 Å². The predicted molar refractivity (Wildman–Crippen MR) is 220 cm³/mol. The second-order valence-corrected chi connectivity index (χ2v) is 14.6. The maximum absolute atomic E-state index is 9.00. The first-order chi connectivity index (χ1) is 27.8. The minimum Gasteiger partial charge on any atom is -0.399 e. The van der Waals surface area contributed by atoms with Crippen LogP contribution in [-0.2, 0) is 9.31 Å². The van der Waals surface area contributed by atoms with Crippen LogP contribution in [0.15, 0.2) is 110 Å². The zero-order chi connectivity index (χ0) is 41.0. The van der Waals surface area contributed by atoms with Crippen LogP contribution >= 0.6 is 11.6 Å². The quantitative estimate of drug-likeness (QED) is 0.131. The summed E-state index contributed by atoms with van der Waals surface area (Å²) in [6, 6.07) is 30.7. The predicted octanol–water partition coefficient (Wildman–Crippen LogP) is 7.09. The maximum Gasteiger partial charge on any atom is 0.494 e. The number of aryl methyl sites for hydroxylation is 2. The highest BCUT2D eigenvalue weighted by Gasteiger charge is 2.51. The molecule has 0 aliphatic carbocycles. The van der Waals surface area contributed by atoms with Crippen molar-refractivity contribution in [3.05, 3.63) is 138 Å². The molecule has 8 aromatic rings. The summed E-state index contributed by atoms with van der Waals surface area (Å²) in [6.07, 6.45) is 6.68. The third-order valence-electron chi connectivity index (χ3n) is 9.64. The minimum atomic E-state index is -0.386. The summed E-state index contributed by atoms with van der Waals surface area (Å²) in [5, 5.41) is 28.4. The minimum absolute atomic E-state index is 0.106. The Balaban J connectivity index is 0.000000146. The van der Waals surface area contributed by atoms with Crippen LogP contribution < -0.4 is 5.46 Å². The van der Waals surface area contributed by atoms with Crippen molar-refractivity contribution >= 4 is 46.0 Å². The van der Waals surface area contributed by atoms with Crippen molar-refractivity contribution in [2.75, 3.05) is 0 Å². The summed E-state index contributed by atoms with van der Waals surface area (Å²) in [5.74, 6) is 2.08. The van der Waals surface area contributed by atoms with E-state index < -0.39 is 0 Å². The van der Waals surface area contributed by atoms with Crippen LogP contribution in [0.25, 0.3) is 44.8 Å². The van der Waals surface area contributed by atoms with Crippen molar-refractivity contribution in [3.63, 3.8) is 0 Å². The second kappa shape index (κ2) is 16.3. The number of hydrogen-bond donors (Lipinski definition) is 0. The number of aromatic nitrogens is 10. The molecule has 9 rings (SSSR count). The molecule has 1 fully saturated rings. The molecule has 0 radical (unpaired) electrons. The summed E-state index contributed by atoms with van der Waals surface area (Å²) in [7, 11) is -0.386. The Morgan fingerprint density at radius 3 is 1.71 bits per heavy atom. The molecular weight excluding hydrogens is 751 g/mol. The Morgan fingerprint density at radius 2 is 1.17 bits per heavy atom. The molecule has 0 N–H and O–H groups in total. The van der Waals surface area contributed by atoms with Gasteiger partial charge in [-0.2, -0.15) is 20.7 Å². The number of halogens is 1. The van der Waals surface area contributed by atoms with Crippen LogP contribution in [0.3, 0.4) is 0 Å². The van der Waals surface area contributed by atoms with Crippen LogP contribution in [0.5, 0.6) is 0 Å². The van der Waals surface area contributed by atoms with E-state index in [9.17, 15) is 0 Å². The molecule has 0 spiro atoms. The smallest absolute Gasteiger partial charge is 0.399 e. The van der Waals surface area contributed by atoms with E-state index in [2.05, 4.69) is 79.9 Å². The van der Waals surface area contributed by atoms with E-state index in [1.54, 1.807) is 23.1 Å². The van der Waals surface area contributed by atoms with Crippen molar-refractivity contribution in [3.8, 4) is 35.2 Å². The van der Waals surface area contributed by atoms with E-state index >= 15 is 0 Å². The number of nitrogens with zero attached hydrogens (tertiary/aromatic N) is 12. The lowest BCUT2D eigenvalue weighted by Gasteiger charge is -2.32. The Kier molecular flexibility index (Phi) is 11.0. The average Bonchev–Trinajstić information content (AvgIpc) is 3.90. The summed E-state index contributed by atoms with van der Waals surface area (Å²) in [6.45, 7) is 12.2. The number of fused-ring (bicyclic) bond motifs is 2. The molecule has 286 valence electrons. The Labute approximate surface area is 339 Å². The molecule has 1 saturated heterocycles. The van der Waals surface area contributed by atoms with Crippen LogP contribution in [-0.4, -0.2) is 67.8 Å². The standard InChI is InChI=1S/C19H22BN3O2.C18H12N6.C5H2ClN3/c1-13-7-6-8-17(22-13)23-16-11-15(10-9-14(16)12-21-23)20-24-18(2,3)19(4,5)25-20;1-12-3-2-4-17(22-12)24-16-9-13(5-6-14(16)11-21-24)18-20-8-7-15(10-19)23-18;6-5-8-2-1-4(3-7)9-5/h6-12H,1-5H3;2-9,11H,1H3;1-2H. The number of benzene rings is 2. The van der Waals surface area contributed by atoms with E-state index in [-0.39, 0.29) is 29.3 Å². The topological polar surface area (TPSA) is 179 Å². The molecule has 0 bridgehead atoms. The number of rotatable bonds is 4. The van der Waals surface area contributed by atoms with Gasteiger partial charge in [-0.05, 0) is 107 Å². The van der Waals surface area contributed by atoms with Crippen LogP contribution in [0.4, 0.5) is 0 Å². The highest BCUT2D eigenvalue weighted by Crippen LogP contribution is 2.36. The first kappa shape index (κ1) is 39.3. The molecule has 1 aliphatic heterocycles. The van der Waals surface area contributed by atoms with E-state index in [4.69, 9.17) is 31.4 Å². The van der Waals surface area contributed by atoms with Crippen molar-refractivity contribution < 1.29 is 9.31 Å². The third-order valence-corrected chi connectivity index (χ3v) is 9.82. The zero-order valence-corrected chi connectivity index (χ0v) is 33.3. The monoisotopic (exact) mass is 786 g/mol. The Hall–Kier alpha value is -6.91. The molecule has 14 nitrogen and oxygen atoms in total. The van der Waals surface area contributed by atoms with Gasteiger partial charge in [-0.1, -0.05) is 36.4 Å². The molecule has 0 saturated carbocycles.